The molecule has 12 nitrogen and oxygen atoms in total. The summed E-state index contributed by atoms with van der Waals surface area (Å²) < 4.78 is 9.61. The van der Waals surface area contributed by atoms with Gasteiger partial charge in [-0.25, -0.2) is 4.79 Å². The number of amides is 4. The number of ketones is 1. The third kappa shape index (κ3) is 11.7. The maximum Gasteiger partial charge on any atom is 0.407 e. The molecule has 1 rings (SSSR count). The van der Waals surface area contributed by atoms with Crippen molar-refractivity contribution in [1.82, 2.24) is 20.9 Å². The standard InChI is InChI=1S/C27H42N4O8/c1-6-8-10-13-19(23(33)25(35)28-16-22(32)38-5)29-24(34)21-14-11-15-31(21)26(36)20(12-9-7-2)30-27(37)39-17-18(3)4/h6-7,18-21H,1-2,8-17H2,3-5H3,(H,28,35)(H,29,34)(H,30,37)/t19-,20-,21-/m0/s1. The molecule has 0 aromatic rings. The van der Waals surface area contributed by atoms with Crippen LogP contribution in [0.4, 0.5) is 4.79 Å². The van der Waals surface area contributed by atoms with Crippen LogP contribution in [0.3, 0.4) is 0 Å². The molecule has 0 aromatic heterocycles. The quantitative estimate of drug-likeness (QED) is 0.106. The second-order valence-corrected chi connectivity index (χ2v) is 9.65. The molecule has 1 aliphatic rings. The first-order valence-electron chi connectivity index (χ1n) is 13.2. The average Bonchev–Trinajstić information content (AvgIpc) is 3.41. The van der Waals surface area contributed by atoms with E-state index >= 15 is 0 Å². The van der Waals surface area contributed by atoms with Crippen LogP contribution in [-0.4, -0.2) is 85.4 Å². The predicted octanol–water partition coefficient (Wildman–Crippen LogP) is 1.39. The molecule has 1 aliphatic heterocycles. The van der Waals surface area contributed by atoms with Crippen LogP contribution in [0.2, 0.25) is 0 Å². The monoisotopic (exact) mass is 550 g/mol. The smallest absolute Gasteiger partial charge is 0.407 e. The summed E-state index contributed by atoms with van der Waals surface area (Å²) >= 11 is 0. The maximum absolute atomic E-state index is 13.4. The lowest BCUT2D eigenvalue weighted by atomic mass is 10.0. The minimum absolute atomic E-state index is 0.120. The lowest BCUT2D eigenvalue weighted by molar-refractivity contribution is -0.144. The molecule has 0 saturated carbocycles. The summed E-state index contributed by atoms with van der Waals surface area (Å²) in [6, 6.07) is -2.97. The molecule has 0 aromatic carbocycles. The van der Waals surface area contributed by atoms with Crippen LogP contribution in [0.5, 0.6) is 0 Å². The number of Topliss-reactive ketones (excluding diaryl/α,β-unsaturated/α-hetero) is 1. The summed E-state index contributed by atoms with van der Waals surface area (Å²) in [7, 11) is 1.15. The first-order chi connectivity index (χ1) is 18.5. The number of carbonyl (C=O) groups excluding carboxylic acids is 6. The maximum atomic E-state index is 13.4. The highest BCUT2D eigenvalue weighted by molar-refractivity contribution is 6.38. The van der Waals surface area contributed by atoms with Crippen LogP contribution in [0, 0.1) is 5.92 Å². The second-order valence-electron chi connectivity index (χ2n) is 9.65. The summed E-state index contributed by atoms with van der Waals surface area (Å²) in [5.74, 6) is -3.57. The molecule has 1 saturated heterocycles. The van der Waals surface area contributed by atoms with Crippen molar-refractivity contribution < 1.29 is 38.2 Å². The first-order valence-corrected chi connectivity index (χ1v) is 13.2. The molecule has 39 heavy (non-hydrogen) atoms. The molecule has 3 N–H and O–H groups in total. The van der Waals surface area contributed by atoms with Crippen LogP contribution in [0.1, 0.15) is 58.8 Å². The fourth-order valence-electron chi connectivity index (χ4n) is 3.94. The Morgan fingerprint density at radius 1 is 1.00 bits per heavy atom. The predicted molar refractivity (Wildman–Crippen MR) is 143 cm³/mol. The largest absolute Gasteiger partial charge is 0.468 e. The highest BCUT2D eigenvalue weighted by Gasteiger charge is 2.39. The van der Waals surface area contributed by atoms with E-state index in [1.165, 1.54) is 4.90 Å². The van der Waals surface area contributed by atoms with E-state index < -0.39 is 60.2 Å². The Balaban J connectivity index is 2.98. The molecular weight excluding hydrogens is 508 g/mol. The fraction of sp³-hybridized carbons (Fsp3) is 0.630. The Hall–Kier alpha value is -3.70. The zero-order valence-electron chi connectivity index (χ0n) is 23.2. The molecule has 0 bridgehead atoms. The number of esters is 1. The number of methoxy groups -OCH3 is 1. The highest BCUT2D eigenvalue weighted by Crippen LogP contribution is 2.20. The van der Waals surface area contributed by atoms with Gasteiger partial charge >= 0.3 is 12.1 Å². The number of likely N-dealkylation sites (tertiary alicyclic amines) is 1. The first kappa shape index (κ1) is 33.3. The summed E-state index contributed by atoms with van der Waals surface area (Å²) in [4.78, 5) is 76.8. The van der Waals surface area contributed by atoms with Gasteiger partial charge in [-0.05, 0) is 50.9 Å². The van der Waals surface area contributed by atoms with E-state index in [1.54, 1.807) is 12.2 Å². The lowest BCUT2D eigenvalue weighted by Crippen LogP contribution is -2.56. The molecular formula is C27H42N4O8. The third-order valence-electron chi connectivity index (χ3n) is 6.01. The van der Waals surface area contributed by atoms with E-state index in [9.17, 15) is 28.8 Å². The number of rotatable bonds is 17. The van der Waals surface area contributed by atoms with Gasteiger partial charge in [-0.2, -0.15) is 0 Å². The summed E-state index contributed by atoms with van der Waals surface area (Å²) in [5, 5.41) is 7.40. The van der Waals surface area contributed by atoms with E-state index in [4.69, 9.17) is 4.74 Å². The van der Waals surface area contributed by atoms with Crippen LogP contribution in [-0.2, 0) is 33.4 Å². The van der Waals surface area contributed by atoms with E-state index in [0.29, 0.717) is 38.6 Å². The molecule has 1 heterocycles. The van der Waals surface area contributed by atoms with Crippen LogP contribution >= 0.6 is 0 Å². The van der Waals surface area contributed by atoms with Gasteiger partial charge in [0.2, 0.25) is 17.6 Å². The van der Waals surface area contributed by atoms with Gasteiger partial charge in [-0.1, -0.05) is 26.0 Å². The van der Waals surface area contributed by atoms with Crippen molar-refractivity contribution in [3.8, 4) is 0 Å². The van der Waals surface area contributed by atoms with Gasteiger partial charge in [0.15, 0.2) is 0 Å². The summed E-state index contributed by atoms with van der Waals surface area (Å²) in [6.45, 7) is 11.1. The molecule has 12 heteroatoms. The van der Waals surface area contributed by atoms with Gasteiger partial charge in [-0.3, -0.25) is 24.0 Å². The molecule has 1 fully saturated rings. The van der Waals surface area contributed by atoms with E-state index in [0.717, 1.165) is 7.11 Å². The minimum Gasteiger partial charge on any atom is -0.468 e. The Bertz CT molecular complexity index is 904. The molecule has 0 spiro atoms. The zero-order chi connectivity index (χ0) is 29.4. The Morgan fingerprint density at radius 3 is 2.31 bits per heavy atom. The van der Waals surface area contributed by atoms with Crippen molar-refractivity contribution in [2.45, 2.75) is 76.9 Å². The van der Waals surface area contributed by atoms with E-state index in [-0.39, 0.29) is 25.4 Å². The third-order valence-corrected chi connectivity index (χ3v) is 6.01. The van der Waals surface area contributed by atoms with Crippen molar-refractivity contribution in [3.05, 3.63) is 25.3 Å². The number of alkyl carbamates (subject to hydrolysis) is 1. The normalized spacial score (nSPS) is 16.0. The van der Waals surface area contributed by atoms with Gasteiger partial charge in [0.25, 0.3) is 5.91 Å². The van der Waals surface area contributed by atoms with Crippen molar-refractivity contribution >= 4 is 35.6 Å². The fourth-order valence-corrected chi connectivity index (χ4v) is 3.94. The lowest BCUT2D eigenvalue weighted by Gasteiger charge is -2.29. The van der Waals surface area contributed by atoms with Crippen molar-refractivity contribution in [2.24, 2.45) is 5.92 Å². The number of ether oxygens (including phenoxy) is 2. The SMILES string of the molecule is C=CCCC[C@H](NC(=O)[C@@H]1CCCN1C(=O)[C@H](CCC=C)NC(=O)OCC(C)C)C(=O)C(=O)NCC(=O)OC. The van der Waals surface area contributed by atoms with Crippen molar-refractivity contribution in [1.29, 1.82) is 0 Å². The Morgan fingerprint density at radius 2 is 1.69 bits per heavy atom. The Labute approximate surface area is 229 Å². The van der Waals surface area contributed by atoms with Crippen LogP contribution in [0.25, 0.3) is 0 Å². The molecule has 0 unspecified atom stereocenters. The van der Waals surface area contributed by atoms with Crippen molar-refractivity contribution in [3.63, 3.8) is 0 Å². The van der Waals surface area contributed by atoms with Gasteiger partial charge in [-0.15, -0.1) is 13.2 Å². The van der Waals surface area contributed by atoms with Gasteiger partial charge < -0.3 is 30.3 Å². The van der Waals surface area contributed by atoms with Crippen LogP contribution in [0.15, 0.2) is 25.3 Å². The number of nitrogens with zero attached hydrogens (tertiary/aromatic N) is 1. The van der Waals surface area contributed by atoms with Gasteiger partial charge in [0, 0.05) is 6.54 Å². The number of unbranched alkanes of at least 4 members (excludes halogenated alkanes) is 1. The van der Waals surface area contributed by atoms with Gasteiger partial charge in [0.1, 0.15) is 18.6 Å². The number of carbonyl (C=O) groups is 6. The molecule has 0 aliphatic carbocycles. The molecule has 4 amide bonds. The second kappa shape index (κ2) is 17.7. The summed E-state index contributed by atoms with van der Waals surface area (Å²) in [5.41, 5.74) is 0. The molecule has 218 valence electrons. The van der Waals surface area contributed by atoms with E-state index in [1.807, 2.05) is 13.8 Å². The number of allylic oxidation sites excluding steroid dienone is 2. The van der Waals surface area contributed by atoms with Crippen LogP contribution < -0.4 is 16.0 Å². The molecule has 0 radical (unpaired) electrons. The van der Waals surface area contributed by atoms with Gasteiger partial charge in [0.05, 0.1) is 19.8 Å². The Kier molecular flexibility index (Phi) is 15.2. The zero-order valence-corrected chi connectivity index (χ0v) is 23.2. The number of nitrogens with one attached hydrogen (secondary N) is 3. The minimum atomic E-state index is -1.16. The summed E-state index contributed by atoms with van der Waals surface area (Å²) in [6.07, 6.45) is 5.37. The topological polar surface area (TPSA) is 160 Å². The number of hydrogen-bond donors (Lipinski definition) is 3. The van der Waals surface area contributed by atoms with Crippen molar-refractivity contribution in [2.75, 3.05) is 26.8 Å². The number of hydrogen-bond acceptors (Lipinski definition) is 8. The average molecular weight is 551 g/mol. The highest BCUT2D eigenvalue weighted by atomic mass is 16.5. The van der Waals surface area contributed by atoms with E-state index in [2.05, 4.69) is 33.8 Å². The molecule has 3 atom stereocenters.